The summed E-state index contributed by atoms with van der Waals surface area (Å²) in [6.07, 6.45) is 0. The van der Waals surface area contributed by atoms with Crippen molar-refractivity contribution in [2.24, 2.45) is 0 Å². The molecule has 0 heterocycles. The number of nitrogens with zero attached hydrogens (tertiary/aromatic N) is 1. The van der Waals surface area contributed by atoms with Gasteiger partial charge in [-0.05, 0) is 50.2 Å². The van der Waals surface area contributed by atoms with Crippen molar-refractivity contribution in [3.05, 3.63) is 65.2 Å². The molecule has 0 saturated carbocycles. The Morgan fingerprint density at radius 2 is 1.48 bits per heavy atom. The van der Waals surface area contributed by atoms with Crippen molar-refractivity contribution in [1.82, 2.24) is 0 Å². The first kappa shape index (κ1) is 14.8. The zero-order valence-electron chi connectivity index (χ0n) is 12.0. The van der Waals surface area contributed by atoms with Gasteiger partial charge in [0.2, 0.25) is 0 Å². The van der Waals surface area contributed by atoms with Crippen LogP contribution < -0.4 is 4.90 Å². The lowest BCUT2D eigenvalue weighted by Crippen LogP contribution is -2.30. The standard InChI is InChI=1S/C17H17NO3/c1-3-18(15-10-4-12(2)5-11-15)16(19)13-6-8-14(9-7-13)17(20)21/h4-11H,3H2,1-2H3,(H,20,21). The number of rotatable bonds is 4. The minimum atomic E-state index is -1.00. The molecule has 2 aromatic carbocycles. The number of hydrogen-bond donors (Lipinski definition) is 1. The monoisotopic (exact) mass is 283 g/mol. The van der Waals surface area contributed by atoms with Gasteiger partial charge in [0.05, 0.1) is 5.56 Å². The van der Waals surface area contributed by atoms with E-state index in [1.165, 1.54) is 12.1 Å². The molecule has 0 aromatic heterocycles. The summed E-state index contributed by atoms with van der Waals surface area (Å²) in [5, 5.41) is 8.88. The minimum Gasteiger partial charge on any atom is -0.478 e. The zero-order valence-corrected chi connectivity index (χ0v) is 12.0. The second-order valence-corrected chi connectivity index (χ2v) is 4.77. The number of carbonyl (C=O) groups excluding carboxylic acids is 1. The normalized spacial score (nSPS) is 10.2. The lowest BCUT2D eigenvalue weighted by Gasteiger charge is -2.21. The first-order valence-electron chi connectivity index (χ1n) is 6.75. The largest absolute Gasteiger partial charge is 0.478 e. The van der Waals surface area contributed by atoms with Crippen LogP contribution in [0.15, 0.2) is 48.5 Å². The quantitative estimate of drug-likeness (QED) is 0.936. The van der Waals surface area contributed by atoms with Crippen LogP contribution in [-0.2, 0) is 0 Å². The summed E-state index contributed by atoms with van der Waals surface area (Å²) in [7, 11) is 0. The van der Waals surface area contributed by atoms with Crippen LogP contribution in [0.1, 0.15) is 33.2 Å². The summed E-state index contributed by atoms with van der Waals surface area (Å²) in [6.45, 7) is 4.44. The third kappa shape index (κ3) is 3.28. The van der Waals surface area contributed by atoms with E-state index in [4.69, 9.17) is 5.11 Å². The van der Waals surface area contributed by atoms with Gasteiger partial charge in [0.25, 0.3) is 5.91 Å². The van der Waals surface area contributed by atoms with Crippen molar-refractivity contribution >= 4 is 17.6 Å². The summed E-state index contributed by atoms with van der Waals surface area (Å²) < 4.78 is 0. The Balaban J connectivity index is 2.27. The molecule has 0 aliphatic heterocycles. The smallest absolute Gasteiger partial charge is 0.335 e. The maximum atomic E-state index is 12.5. The van der Waals surface area contributed by atoms with Crippen LogP contribution in [-0.4, -0.2) is 23.5 Å². The van der Waals surface area contributed by atoms with Crippen LogP contribution in [0.3, 0.4) is 0 Å². The number of benzene rings is 2. The molecule has 2 aromatic rings. The molecule has 4 nitrogen and oxygen atoms in total. The molecule has 1 amide bonds. The number of carboxylic acid groups (broad SMARTS) is 1. The molecule has 0 bridgehead atoms. The third-order valence-electron chi connectivity index (χ3n) is 3.29. The van der Waals surface area contributed by atoms with Crippen LogP contribution in [0, 0.1) is 6.92 Å². The fraction of sp³-hybridized carbons (Fsp3) is 0.176. The summed E-state index contributed by atoms with van der Waals surface area (Å²) in [4.78, 5) is 25.0. The third-order valence-corrected chi connectivity index (χ3v) is 3.29. The highest BCUT2D eigenvalue weighted by atomic mass is 16.4. The van der Waals surface area contributed by atoms with Crippen molar-refractivity contribution in [2.75, 3.05) is 11.4 Å². The van der Waals surface area contributed by atoms with Crippen LogP contribution in [0.25, 0.3) is 0 Å². The number of carboxylic acids is 1. The Labute approximate surface area is 123 Å². The van der Waals surface area contributed by atoms with Crippen LogP contribution in [0.2, 0.25) is 0 Å². The molecule has 1 N–H and O–H groups in total. The van der Waals surface area contributed by atoms with Crippen LogP contribution in [0.4, 0.5) is 5.69 Å². The van der Waals surface area contributed by atoms with Crippen LogP contribution >= 0.6 is 0 Å². The van der Waals surface area contributed by atoms with Crippen molar-refractivity contribution < 1.29 is 14.7 Å². The van der Waals surface area contributed by atoms with Gasteiger partial charge in [-0.3, -0.25) is 4.79 Å². The fourth-order valence-corrected chi connectivity index (χ4v) is 2.08. The minimum absolute atomic E-state index is 0.140. The fourth-order valence-electron chi connectivity index (χ4n) is 2.08. The Morgan fingerprint density at radius 3 is 1.95 bits per heavy atom. The topological polar surface area (TPSA) is 57.6 Å². The second kappa shape index (κ2) is 6.22. The van der Waals surface area contributed by atoms with E-state index >= 15 is 0 Å². The van der Waals surface area contributed by atoms with Crippen molar-refractivity contribution in [2.45, 2.75) is 13.8 Å². The Bertz CT molecular complexity index is 645. The average molecular weight is 283 g/mol. The Kier molecular flexibility index (Phi) is 4.38. The van der Waals surface area contributed by atoms with Crippen molar-refractivity contribution in [3.63, 3.8) is 0 Å². The van der Waals surface area contributed by atoms with E-state index in [1.807, 2.05) is 38.1 Å². The number of aromatic carboxylic acids is 1. The molecule has 0 saturated heterocycles. The summed E-state index contributed by atoms with van der Waals surface area (Å²) in [5.74, 6) is -1.14. The van der Waals surface area contributed by atoms with Gasteiger partial charge in [0.1, 0.15) is 0 Å². The molecular formula is C17H17NO3. The lowest BCUT2D eigenvalue weighted by molar-refractivity contribution is 0.0696. The molecule has 0 radical (unpaired) electrons. The van der Waals surface area contributed by atoms with Gasteiger partial charge in [-0.25, -0.2) is 4.79 Å². The van der Waals surface area contributed by atoms with E-state index in [-0.39, 0.29) is 11.5 Å². The molecule has 21 heavy (non-hydrogen) atoms. The number of anilines is 1. The molecule has 0 aliphatic carbocycles. The Morgan fingerprint density at radius 1 is 0.952 bits per heavy atom. The average Bonchev–Trinajstić information content (AvgIpc) is 2.50. The molecular weight excluding hydrogens is 266 g/mol. The molecule has 0 fully saturated rings. The van der Waals surface area contributed by atoms with Crippen LogP contribution in [0.5, 0.6) is 0 Å². The van der Waals surface area contributed by atoms with Gasteiger partial charge >= 0.3 is 5.97 Å². The summed E-state index contributed by atoms with van der Waals surface area (Å²) in [6, 6.07) is 13.7. The van der Waals surface area contributed by atoms with Gasteiger partial charge in [0.15, 0.2) is 0 Å². The lowest BCUT2D eigenvalue weighted by atomic mass is 10.1. The van der Waals surface area contributed by atoms with E-state index in [9.17, 15) is 9.59 Å². The van der Waals surface area contributed by atoms with Crippen molar-refractivity contribution in [1.29, 1.82) is 0 Å². The molecule has 108 valence electrons. The summed E-state index contributed by atoms with van der Waals surface area (Å²) >= 11 is 0. The first-order valence-corrected chi connectivity index (χ1v) is 6.75. The predicted octanol–water partition coefficient (Wildman–Crippen LogP) is 3.36. The zero-order chi connectivity index (χ0) is 15.4. The molecule has 0 unspecified atom stereocenters. The van der Waals surface area contributed by atoms with E-state index < -0.39 is 5.97 Å². The maximum Gasteiger partial charge on any atom is 0.335 e. The number of hydrogen-bond acceptors (Lipinski definition) is 2. The van der Waals surface area contributed by atoms with E-state index in [0.29, 0.717) is 12.1 Å². The second-order valence-electron chi connectivity index (χ2n) is 4.77. The SMILES string of the molecule is CCN(C(=O)c1ccc(C(=O)O)cc1)c1ccc(C)cc1. The highest BCUT2D eigenvalue weighted by molar-refractivity contribution is 6.06. The number of amides is 1. The first-order chi connectivity index (χ1) is 10.0. The van der Waals surface area contributed by atoms with Gasteiger partial charge in [-0.1, -0.05) is 17.7 Å². The molecule has 0 aliphatic rings. The van der Waals surface area contributed by atoms with E-state index in [0.717, 1.165) is 11.3 Å². The molecule has 2 rings (SSSR count). The van der Waals surface area contributed by atoms with Gasteiger partial charge < -0.3 is 10.0 Å². The van der Waals surface area contributed by atoms with E-state index in [1.54, 1.807) is 17.0 Å². The predicted molar refractivity (Wildman–Crippen MR) is 81.9 cm³/mol. The maximum absolute atomic E-state index is 12.5. The summed E-state index contributed by atoms with van der Waals surface area (Å²) in [5.41, 5.74) is 2.61. The Hall–Kier alpha value is -2.62. The van der Waals surface area contributed by atoms with Gasteiger partial charge in [0, 0.05) is 17.8 Å². The molecule has 0 atom stereocenters. The van der Waals surface area contributed by atoms with Crippen molar-refractivity contribution in [3.8, 4) is 0 Å². The van der Waals surface area contributed by atoms with E-state index in [2.05, 4.69) is 0 Å². The highest BCUT2D eigenvalue weighted by Crippen LogP contribution is 2.18. The molecule has 4 heteroatoms. The highest BCUT2D eigenvalue weighted by Gasteiger charge is 2.16. The number of carbonyl (C=O) groups is 2. The van der Waals surface area contributed by atoms with Gasteiger partial charge in [-0.2, -0.15) is 0 Å². The number of aryl methyl sites for hydroxylation is 1. The molecule has 0 spiro atoms. The van der Waals surface area contributed by atoms with Gasteiger partial charge in [-0.15, -0.1) is 0 Å².